The van der Waals surface area contributed by atoms with Gasteiger partial charge in [-0.25, -0.2) is 12.8 Å². The van der Waals surface area contributed by atoms with Gasteiger partial charge in [0.1, 0.15) is 5.82 Å². The van der Waals surface area contributed by atoms with E-state index in [4.69, 9.17) is 0 Å². The molecule has 1 aromatic carbocycles. The van der Waals surface area contributed by atoms with Crippen LogP contribution in [0.5, 0.6) is 0 Å². The van der Waals surface area contributed by atoms with Crippen LogP contribution in [0.2, 0.25) is 0 Å². The zero-order valence-electron chi connectivity index (χ0n) is 12.0. The molecule has 1 aliphatic rings. The molecule has 1 N–H and O–H groups in total. The van der Waals surface area contributed by atoms with E-state index in [9.17, 15) is 12.8 Å². The predicted molar refractivity (Wildman–Crippen MR) is 79.0 cm³/mol. The van der Waals surface area contributed by atoms with Crippen LogP contribution in [0.1, 0.15) is 43.4 Å². The second kappa shape index (κ2) is 6.22. The van der Waals surface area contributed by atoms with Crippen molar-refractivity contribution in [2.45, 2.75) is 44.4 Å². The van der Waals surface area contributed by atoms with E-state index < -0.39 is 15.1 Å². The molecular formula is C15H22FNO2S. The zero-order valence-corrected chi connectivity index (χ0v) is 12.8. The van der Waals surface area contributed by atoms with Crippen LogP contribution in [0.3, 0.4) is 0 Å². The first-order chi connectivity index (χ1) is 9.45. The molecule has 20 heavy (non-hydrogen) atoms. The van der Waals surface area contributed by atoms with Gasteiger partial charge in [0, 0.05) is 6.04 Å². The first-order valence-electron chi connectivity index (χ1n) is 7.16. The normalized spacial score (nSPS) is 23.4. The minimum Gasteiger partial charge on any atom is -0.309 e. The summed E-state index contributed by atoms with van der Waals surface area (Å²) >= 11 is 0. The van der Waals surface area contributed by atoms with Crippen LogP contribution in [-0.2, 0) is 9.84 Å². The monoisotopic (exact) mass is 299 g/mol. The largest absolute Gasteiger partial charge is 0.309 e. The van der Waals surface area contributed by atoms with Crippen molar-refractivity contribution < 1.29 is 12.8 Å². The molecule has 0 radical (unpaired) electrons. The van der Waals surface area contributed by atoms with Gasteiger partial charge in [-0.2, -0.15) is 0 Å². The number of benzene rings is 1. The Labute approximate surface area is 120 Å². The molecular weight excluding hydrogens is 277 g/mol. The van der Waals surface area contributed by atoms with Crippen LogP contribution in [0.15, 0.2) is 18.2 Å². The molecule has 112 valence electrons. The first kappa shape index (κ1) is 15.4. The molecule has 0 amide bonds. The molecule has 0 spiro atoms. The summed E-state index contributed by atoms with van der Waals surface area (Å²) < 4.78 is 38.3. The summed E-state index contributed by atoms with van der Waals surface area (Å²) in [5.41, 5.74) is 1.31. The molecule has 0 bridgehead atoms. The van der Waals surface area contributed by atoms with E-state index in [0.717, 1.165) is 18.4 Å². The summed E-state index contributed by atoms with van der Waals surface area (Å²) in [4.78, 5) is 0. The Morgan fingerprint density at radius 3 is 2.75 bits per heavy atom. The van der Waals surface area contributed by atoms with Gasteiger partial charge in [-0.3, -0.25) is 0 Å². The Balaban J connectivity index is 2.37. The number of sulfone groups is 1. The van der Waals surface area contributed by atoms with Crippen LogP contribution < -0.4 is 5.32 Å². The van der Waals surface area contributed by atoms with Crippen molar-refractivity contribution in [3.63, 3.8) is 0 Å². The van der Waals surface area contributed by atoms with E-state index in [1.54, 1.807) is 13.0 Å². The van der Waals surface area contributed by atoms with Crippen molar-refractivity contribution in [2.75, 3.05) is 12.3 Å². The highest BCUT2D eigenvalue weighted by atomic mass is 32.2. The van der Waals surface area contributed by atoms with Gasteiger partial charge in [-0.05, 0) is 43.5 Å². The average molecular weight is 299 g/mol. The molecule has 2 unspecified atom stereocenters. The summed E-state index contributed by atoms with van der Waals surface area (Å²) in [6, 6.07) is 4.69. The van der Waals surface area contributed by atoms with E-state index in [1.165, 1.54) is 6.07 Å². The Kier molecular flexibility index (Phi) is 4.81. The van der Waals surface area contributed by atoms with Gasteiger partial charge >= 0.3 is 0 Å². The molecule has 0 saturated carbocycles. The van der Waals surface area contributed by atoms with Gasteiger partial charge < -0.3 is 5.32 Å². The van der Waals surface area contributed by atoms with Crippen LogP contribution in [-0.4, -0.2) is 26.0 Å². The molecule has 1 fully saturated rings. The van der Waals surface area contributed by atoms with Gasteiger partial charge in [0.15, 0.2) is 9.84 Å². The SMILES string of the molecule is CCNC(c1ccc(C)c(F)c1)C1CCCCS1(=O)=O. The van der Waals surface area contributed by atoms with Gasteiger partial charge in [-0.15, -0.1) is 0 Å². The predicted octanol–water partition coefficient (Wildman–Crippen LogP) is 2.75. The lowest BCUT2D eigenvalue weighted by atomic mass is 9.98. The lowest BCUT2D eigenvalue weighted by Crippen LogP contribution is -2.40. The van der Waals surface area contributed by atoms with Crippen molar-refractivity contribution in [1.29, 1.82) is 0 Å². The van der Waals surface area contributed by atoms with E-state index in [1.807, 2.05) is 13.0 Å². The molecule has 1 aliphatic heterocycles. The standard InChI is InChI=1S/C15H22FNO2S/c1-3-17-15(12-8-7-11(2)13(16)10-12)14-6-4-5-9-20(14,18)19/h7-8,10,14-15,17H,3-6,9H2,1-2H3. The quantitative estimate of drug-likeness (QED) is 0.930. The highest BCUT2D eigenvalue weighted by molar-refractivity contribution is 7.92. The molecule has 2 atom stereocenters. The molecule has 0 aromatic heterocycles. The third kappa shape index (κ3) is 3.20. The minimum absolute atomic E-state index is 0.244. The van der Waals surface area contributed by atoms with Crippen LogP contribution >= 0.6 is 0 Å². The van der Waals surface area contributed by atoms with Crippen molar-refractivity contribution >= 4 is 9.84 Å². The number of aryl methyl sites for hydroxylation is 1. The summed E-state index contributed by atoms with van der Waals surface area (Å²) in [6.45, 7) is 4.30. The van der Waals surface area contributed by atoms with Gasteiger partial charge in [0.2, 0.25) is 0 Å². The van der Waals surface area contributed by atoms with Crippen molar-refractivity contribution in [1.82, 2.24) is 5.32 Å². The fourth-order valence-electron chi connectivity index (χ4n) is 2.84. The molecule has 3 nitrogen and oxygen atoms in total. The van der Waals surface area contributed by atoms with Crippen LogP contribution in [0, 0.1) is 12.7 Å². The highest BCUT2D eigenvalue weighted by Gasteiger charge is 2.36. The summed E-state index contributed by atoms with van der Waals surface area (Å²) in [7, 11) is -3.10. The maximum Gasteiger partial charge on any atom is 0.155 e. The van der Waals surface area contributed by atoms with Crippen LogP contribution in [0.25, 0.3) is 0 Å². The molecule has 1 heterocycles. The van der Waals surface area contributed by atoms with Gasteiger partial charge in [0.25, 0.3) is 0 Å². The molecule has 2 rings (SSSR count). The number of hydrogen-bond donors (Lipinski definition) is 1. The lowest BCUT2D eigenvalue weighted by molar-refractivity contribution is 0.452. The van der Waals surface area contributed by atoms with E-state index in [2.05, 4.69) is 5.32 Å². The maximum atomic E-state index is 13.8. The molecule has 1 saturated heterocycles. The van der Waals surface area contributed by atoms with E-state index in [-0.39, 0.29) is 17.6 Å². The lowest BCUT2D eigenvalue weighted by Gasteiger charge is -2.31. The van der Waals surface area contributed by atoms with Crippen molar-refractivity contribution in [3.05, 3.63) is 35.1 Å². The molecule has 0 aliphatic carbocycles. The summed E-state index contributed by atoms with van der Waals surface area (Å²) in [6.07, 6.45) is 2.30. The van der Waals surface area contributed by atoms with Crippen molar-refractivity contribution in [2.24, 2.45) is 0 Å². The number of halogens is 1. The topological polar surface area (TPSA) is 46.2 Å². The molecule has 1 aromatic rings. The Hall–Kier alpha value is -0.940. The number of nitrogens with one attached hydrogen (secondary N) is 1. The minimum atomic E-state index is -3.10. The smallest absolute Gasteiger partial charge is 0.155 e. The van der Waals surface area contributed by atoms with Gasteiger partial charge in [-0.1, -0.05) is 25.5 Å². The van der Waals surface area contributed by atoms with Gasteiger partial charge in [0.05, 0.1) is 11.0 Å². The Bertz CT molecular complexity index is 571. The molecule has 5 heteroatoms. The fraction of sp³-hybridized carbons (Fsp3) is 0.600. The average Bonchev–Trinajstić information content (AvgIpc) is 2.40. The Morgan fingerprint density at radius 1 is 1.40 bits per heavy atom. The summed E-state index contributed by atoms with van der Waals surface area (Å²) in [5.74, 6) is -0.0351. The van der Waals surface area contributed by atoms with E-state index >= 15 is 0 Å². The second-order valence-electron chi connectivity index (χ2n) is 5.45. The number of rotatable bonds is 4. The first-order valence-corrected chi connectivity index (χ1v) is 8.88. The maximum absolute atomic E-state index is 13.8. The second-order valence-corrected chi connectivity index (χ2v) is 7.78. The third-order valence-corrected chi connectivity index (χ3v) is 6.27. The summed E-state index contributed by atoms with van der Waals surface area (Å²) in [5, 5.41) is 2.78. The van der Waals surface area contributed by atoms with E-state index in [0.29, 0.717) is 18.5 Å². The highest BCUT2D eigenvalue weighted by Crippen LogP contribution is 2.31. The Morgan fingerprint density at radius 2 is 2.15 bits per heavy atom. The zero-order chi connectivity index (χ0) is 14.8. The van der Waals surface area contributed by atoms with Crippen molar-refractivity contribution in [3.8, 4) is 0 Å². The number of hydrogen-bond acceptors (Lipinski definition) is 3. The fourth-order valence-corrected chi connectivity index (χ4v) is 4.94. The van der Waals surface area contributed by atoms with Crippen LogP contribution in [0.4, 0.5) is 4.39 Å². The third-order valence-electron chi connectivity index (χ3n) is 3.98.